The maximum atomic E-state index is 11.6. The third-order valence-electron chi connectivity index (χ3n) is 3.66. The Morgan fingerprint density at radius 2 is 1.61 bits per heavy atom. The SMILES string of the molecule is CC(C)Oc1ccc(C(C(CC(=O)O)C(=O)O)C(C)(C)C)cc1. The maximum Gasteiger partial charge on any atom is 0.307 e. The molecule has 0 amide bonds. The van der Waals surface area contributed by atoms with Gasteiger partial charge in [-0.25, -0.2) is 0 Å². The van der Waals surface area contributed by atoms with Crippen molar-refractivity contribution in [1.82, 2.24) is 0 Å². The highest BCUT2D eigenvalue weighted by Crippen LogP contribution is 2.42. The highest BCUT2D eigenvalue weighted by atomic mass is 16.5. The second-order valence-corrected chi connectivity index (χ2v) is 7.12. The number of hydrogen-bond acceptors (Lipinski definition) is 3. The van der Waals surface area contributed by atoms with Crippen LogP contribution >= 0.6 is 0 Å². The minimum Gasteiger partial charge on any atom is -0.491 e. The van der Waals surface area contributed by atoms with Crippen molar-refractivity contribution >= 4 is 11.9 Å². The summed E-state index contributed by atoms with van der Waals surface area (Å²) in [5, 5.41) is 18.6. The standard InChI is InChI=1S/C18H26O5/c1-11(2)23-13-8-6-12(7-9-13)16(18(3,4)5)14(17(21)22)10-15(19)20/h6-9,11,14,16H,10H2,1-5H3,(H,19,20)(H,21,22). The van der Waals surface area contributed by atoms with Gasteiger partial charge >= 0.3 is 11.9 Å². The molecule has 2 N–H and O–H groups in total. The largest absolute Gasteiger partial charge is 0.491 e. The van der Waals surface area contributed by atoms with E-state index in [4.69, 9.17) is 9.84 Å². The molecule has 1 aromatic carbocycles. The Balaban J connectivity index is 3.20. The molecule has 0 saturated heterocycles. The molecular weight excluding hydrogens is 296 g/mol. The van der Waals surface area contributed by atoms with E-state index in [1.54, 1.807) is 12.1 Å². The lowest BCUT2D eigenvalue weighted by Crippen LogP contribution is -2.33. The van der Waals surface area contributed by atoms with Crippen LogP contribution in [0.1, 0.15) is 52.5 Å². The van der Waals surface area contributed by atoms with Gasteiger partial charge in [-0.2, -0.15) is 0 Å². The summed E-state index contributed by atoms with van der Waals surface area (Å²) in [5.41, 5.74) is 0.418. The molecule has 0 bridgehead atoms. The quantitative estimate of drug-likeness (QED) is 0.798. The van der Waals surface area contributed by atoms with Crippen molar-refractivity contribution in [1.29, 1.82) is 0 Å². The van der Waals surface area contributed by atoms with Gasteiger partial charge in [0.05, 0.1) is 18.4 Å². The summed E-state index contributed by atoms with van der Waals surface area (Å²) in [5.74, 6) is -2.88. The van der Waals surface area contributed by atoms with E-state index in [2.05, 4.69) is 0 Å². The number of carbonyl (C=O) groups is 2. The van der Waals surface area contributed by atoms with Crippen LogP contribution in [0.25, 0.3) is 0 Å². The first-order chi connectivity index (χ1) is 10.5. The fourth-order valence-corrected chi connectivity index (χ4v) is 2.90. The zero-order valence-electron chi connectivity index (χ0n) is 14.4. The minimum absolute atomic E-state index is 0.0537. The van der Waals surface area contributed by atoms with E-state index in [0.717, 1.165) is 5.56 Å². The van der Waals surface area contributed by atoms with Gasteiger partial charge in [-0.15, -0.1) is 0 Å². The van der Waals surface area contributed by atoms with Gasteiger partial charge in [0.15, 0.2) is 0 Å². The summed E-state index contributed by atoms with van der Waals surface area (Å²) in [6, 6.07) is 7.25. The summed E-state index contributed by atoms with van der Waals surface area (Å²) in [6.45, 7) is 9.63. The van der Waals surface area contributed by atoms with E-state index in [0.29, 0.717) is 5.75 Å². The topological polar surface area (TPSA) is 83.8 Å². The van der Waals surface area contributed by atoms with Crippen molar-refractivity contribution in [2.45, 2.75) is 53.1 Å². The van der Waals surface area contributed by atoms with Crippen molar-refractivity contribution in [2.24, 2.45) is 11.3 Å². The van der Waals surface area contributed by atoms with Gasteiger partial charge in [-0.1, -0.05) is 32.9 Å². The number of benzene rings is 1. The van der Waals surface area contributed by atoms with Crippen LogP contribution in [0.2, 0.25) is 0 Å². The summed E-state index contributed by atoms with van der Waals surface area (Å²) < 4.78 is 5.60. The minimum atomic E-state index is -1.11. The van der Waals surface area contributed by atoms with Crippen molar-refractivity contribution in [3.8, 4) is 5.75 Å². The van der Waals surface area contributed by atoms with Gasteiger partial charge in [0.2, 0.25) is 0 Å². The molecule has 0 spiro atoms. The van der Waals surface area contributed by atoms with Crippen LogP contribution in [-0.4, -0.2) is 28.3 Å². The second-order valence-electron chi connectivity index (χ2n) is 7.12. The third kappa shape index (κ3) is 5.58. The average molecular weight is 322 g/mol. The molecule has 23 heavy (non-hydrogen) atoms. The van der Waals surface area contributed by atoms with Gasteiger partial charge in [0.1, 0.15) is 5.75 Å². The lowest BCUT2D eigenvalue weighted by atomic mass is 9.68. The number of hydrogen-bond donors (Lipinski definition) is 2. The van der Waals surface area contributed by atoms with Crippen molar-refractivity contribution < 1.29 is 24.5 Å². The summed E-state index contributed by atoms with van der Waals surface area (Å²) in [7, 11) is 0. The zero-order chi connectivity index (χ0) is 17.8. The normalized spacial score (nSPS) is 14.3. The van der Waals surface area contributed by atoms with E-state index in [-0.39, 0.29) is 11.5 Å². The van der Waals surface area contributed by atoms with Crippen LogP contribution in [0.5, 0.6) is 5.75 Å². The summed E-state index contributed by atoms with van der Waals surface area (Å²) in [6.07, 6.45) is -0.348. The molecule has 2 atom stereocenters. The van der Waals surface area contributed by atoms with E-state index >= 15 is 0 Å². The van der Waals surface area contributed by atoms with Gasteiger partial charge < -0.3 is 14.9 Å². The molecule has 0 aliphatic carbocycles. The third-order valence-corrected chi connectivity index (χ3v) is 3.66. The lowest BCUT2D eigenvalue weighted by Gasteiger charge is -2.35. The molecule has 2 unspecified atom stereocenters. The molecule has 1 rings (SSSR count). The Morgan fingerprint density at radius 1 is 1.09 bits per heavy atom. The first-order valence-corrected chi connectivity index (χ1v) is 7.73. The monoisotopic (exact) mass is 322 g/mol. The Hall–Kier alpha value is -2.04. The molecule has 0 fully saturated rings. The molecule has 0 saturated carbocycles. The summed E-state index contributed by atoms with van der Waals surface area (Å²) >= 11 is 0. The zero-order valence-corrected chi connectivity index (χ0v) is 14.4. The highest BCUT2D eigenvalue weighted by molar-refractivity contribution is 5.78. The predicted molar refractivity (Wildman–Crippen MR) is 87.8 cm³/mol. The van der Waals surface area contributed by atoms with E-state index < -0.39 is 30.2 Å². The van der Waals surface area contributed by atoms with Gasteiger partial charge in [0, 0.05) is 5.92 Å². The highest BCUT2D eigenvalue weighted by Gasteiger charge is 2.39. The molecule has 5 nitrogen and oxygen atoms in total. The number of rotatable bonds is 7. The number of ether oxygens (including phenoxy) is 1. The first kappa shape index (κ1) is 19.0. The van der Waals surface area contributed by atoms with Crippen LogP contribution in [0.3, 0.4) is 0 Å². The molecule has 0 aliphatic heterocycles. The van der Waals surface area contributed by atoms with Crippen molar-refractivity contribution in [3.63, 3.8) is 0 Å². The summed E-state index contributed by atoms with van der Waals surface area (Å²) in [4.78, 5) is 22.7. The smallest absolute Gasteiger partial charge is 0.307 e. The molecule has 0 radical (unpaired) electrons. The van der Waals surface area contributed by atoms with Crippen LogP contribution in [0.15, 0.2) is 24.3 Å². The number of carboxylic acids is 2. The predicted octanol–water partition coefficient (Wildman–Crippen LogP) is 3.78. The van der Waals surface area contributed by atoms with Crippen LogP contribution in [0, 0.1) is 11.3 Å². The second kappa shape index (κ2) is 7.49. The fraction of sp³-hybridized carbons (Fsp3) is 0.556. The van der Waals surface area contributed by atoms with E-state index in [1.807, 2.05) is 46.8 Å². The van der Waals surface area contributed by atoms with Crippen molar-refractivity contribution in [3.05, 3.63) is 29.8 Å². The van der Waals surface area contributed by atoms with Gasteiger partial charge in [0.25, 0.3) is 0 Å². The molecular formula is C18H26O5. The molecule has 0 aromatic heterocycles. The number of aliphatic carboxylic acids is 2. The van der Waals surface area contributed by atoms with Gasteiger partial charge in [-0.3, -0.25) is 9.59 Å². The Kier molecular flexibility index (Phi) is 6.19. The molecule has 5 heteroatoms. The van der Waals surface area contributed by atoms with Crippen LogP contribution in [0.4, 0.5) is 0 Å². The van der Waals surface area contributed by atoms with E-state index in [1.165, 1.54) is 0 Å². The molecule has 1 aromatic rings. The number of carboxylic acid groups (broad SMARTS) is 2. The van der Waals surface area contributed by atoms with E-state index in [9.17, 15) is 14.7 Å². The maximum absolute atomic E-state index is 11.6. The first-order valence-electron chi connectivity index (χ1n) is 7.73. The molecule has 0 heterocycles. The Bertz CT molecular complexity index is 540. The van der Waals surface area contributed by atoms with Crippen molar-refractivity contribution in [2.75, 3.05) is 0 Å². The van der Waals surface area contributed by atoms with Gasteiger partial charge in [-0.05, 0) is 37.0 Å². The Morgan fingerprint density at radius 3 is 1.96 bits per heavy atom. The average Bonchev–Trinajstić information content (AvgIpc) is 2.37. The molecule has 128 valence electrons. The fourth-order valence-electron chi connectivity index (χ4n) is 2.90. The van der Waals surface area contributed by atoms with Crippen LogP contribution < -0.4 is 4.74 Å². The van der Waals surface area contributed by atoms with Crippen LogP contribution in [-0.2, 0) is 9.59 Å². The Labute approximate surface area is 137 Å². The lowest BCUT2D eigenvalue weighted by molar-refractivity contribution is -0.150. The molecule has 0 aliphatic rings.